The fourth-order valence-electron chi connectivity index (χ4n) is 4.16. The summed E-state index contributed by atoms with van der Waals surface area (Å²) < 4.78 is 0. The van der Waals surface area contributed by atoms with E-state index in [1.165, 1.54) is 47.2 Å². The van der Waals surface area contributed by atoms with Gasteiger partial charge in [0.15, 0.2) is 0 Å². The standard InChI is InChI=1S/C26H39N3.C7H9N.C3H6.2C2H4.CH2O/c1-5-8-17-28(21-25-11-9-16-27-20-25)18-10-19-29(22-24(6-2)7-3)26-14-12-23(4)13-15-26;1-6-2-4-7(8)5-3-6;1-3-2;3*1-2/h6,9,11-16,20H,5,7-8,10,17-19,21-22H2,1-4H3;2-5H,8H2,1H3;3H,1H2,2H3;2*1-2H2;1H2/b24-6-;;;;;. The predicted molar refractivity (Wildman–Crippen MR) is 208 cm³/mol. The maximum absolute atomic E-state index is 8.00. The molecule has 2 aromatic carbocycles. The van der Waals surface area contributed by atoms with Gasteiger partial charge in [0, 0.05) is 49.9 Å². The molecule has 3 aromatic rings. The third-order valence-electron chi connectivity index (χ3n) is 6.59. The van der Waals surface area contributed by atoms with Crippen molar-refractivity contribution >= 4 is 18.2 Å². The largest absolute Gasteiger partial charge is 0.399 e. The predicted octanol–water partition coefficient (Wildman–Crippen LogP) is 10.4. The number of unbranched alkanes of at least 4 members (excludes halogenated alkanes) is 1. The average molecular weight is 629 g/mol. The van der Waals surface area contributed by atoms with Gasteiger partial charge in [-0.15, -0.1) is 32.9 Å². The maximum atomic E-state index is 8.00. The second-order valence-electron chi connectivity index (χ2n) is 10.2. The van der Waals surface area contributed by atoms with E-state index in [-0.39, 0.29) is 0 Å². The summed E-state index contributed by atoms with van der Waals surface area (Å²) in [6.45, 7) is 35.5. The topological polar surface area (TPSA) is 62.5 Å². The van der Waals surface area contributed by atoms with Crippen LogP contribution in [0.4, 0.5) is 11.4 Å². The molecular formula is C41H64N4O. The van der Waals surface area contributed by atoms with E-state index in [4.69, 9.17) is 10.5 Å². The highest BCUT2D eigenvalue weighted by molar-refractivity contribution is 5.48. The Bertz CT molecular complexity index is 1090. The molecule has 1 heterocycles. The number of hydrogen-bond acceptors (Lipinski definition) is 5. The highest BCUT2D eigenvalue weighted by Crippen LogP contribution is 2.18. The first-order valence-electron chi connectivity index (χ1n) is 16.1. The molecule has 0 aliphatic carbocycles. The second-order valence-corrected chi connectivity index (χ2v) is 10.2. The van der Waals surface area contributed by atoms with Crippen molar-refractivity contribution in [2.24, 2.45) is 0 Å². The lowest BCUT2D eigenvalue weighted by atomic mass is 10.1. The summed E-state index contributed by atoms with van der Waals surface area (Å²) in [6.07, 6.45) is 12.6. The molecule has 0 atom stereocenters. The van der Waals surface area contributed by atoms with Gasteiger partial charge >= 0.3 is 0 Å². The first-order chi connectivity index (χ1) is 22.4. The number of benzene rings is 2. The van der Waals surface area contributed by atoms with Crippen LogP contribution in [0.5, 0.6) is 0 Å². The molecule has 0 fully saturated rings. The van der Waals surface area contributed by atoms with Crippen LogP contribution in [-0.2, 0) is 11.3 Å². The van der Waals surface area contributed by atoms with E-state index >= 15 is 0 Å². The first-order valence-corrected chi connectivity index (χ1v) is 16.1. The number of nitrogen functional groups attached to an aromatic ring is 1. The number of aryl methyl sites for hydroxylation is 2. The van der Waals surface area contributed by atoms with Gasteiger partial charge in [0.05, 0.1) is 0 Å². The molecular weight excluding hydrogens is 564 g/mol. The molecule has 1 aromatic heterocycles. The number of nitrogens with zero attached hydrogens (tertiary/aromatic N) is 3. The van der Waals surface area contributed by atoms with Crippen molar-refractivity contribution in [3.05, 3.63) is 140 Å². The summed E-state index contributed by atoms with van der Waals surface area (Å²) in [6, 6.07) is 21.0. The molecule has 2 N–H and O–H groups in total. The molecule has 254 valence electrons. The number of anilines is 2. The van der Waals surface area contributed by atoms with E-state index in [1.54, 1.807) is 6.08 Å². The Labute approximate surface area is 283 Å². The smallest absolute Gasteiger partial charge is 0.106 e. The first kappa shape index (κ1) is 46.2. The maximum Gasteiger partial charge on any atom is 0.106 e. The molecule has 0 saturated heterocycles. The number of carbonyl (C=O) groups excluding carboxylic acids is 1. The summed E-state index contributed by atoms with van der Waals surface area (Å²) in [5.41, 5.74) is 13.0. The van der Waals surface area contributed by atoms with Crippen molar-refractivity contribution in [1.29, 1.82) is 0 Å². The molecule has 0 bridgehead atoms. The summed E-state index contributed by atoms with van der Waals surface area (Å²) in [7, 11) is 0. The molecule has 0 amide bonds. The summed E-state index contributed by atoms with van der Waals surface area (Å²) in [5, 5.41) is 0. The molecule has 0 aliphatic heterocycles. The summed E-state index contributed by atoms with van der Waals surface area (Å²) in [5.74, 6) is 0. The minimum atomic E-state index is 0.829. The quantitative estimate of drug-likeness (QED) is 0.151. The Morgan fingerprint density at radius 1 is 0.826 bits per heavy atom. The Kier molecular flexibility index (Phi) is 33.8. The average Bonchev–Trinajstić information content (AvgIpc) is 3.10. The number of allylic oxidation sites excluding steroid dienone is 2. The van der Waals surface area contributed by atoms with E-state index in [1.807, 2.05) is 63.4 Å². The van der Waals surface area contributed by atoms with Gasteiger partial charge in [0.2, 0.25) is 0 Å². The van der Waals surface area contributed by atoms with Crippen molar-refractivity contribution < 1.29 is 4.79 Å². The van der Waals surface area contributed by atoms with Gasteiger partial charge in [-0.1, -0.05) is 79.5 Å². The van der Waals surface area contributed by atoms with Crippen LogP contribution in [0, 0.1) is 13.8 Å². The zero-order valence-corrected chi connectivity index (χ0v) is 30.0. The molecule has 46 heavy (non-hydrogen) atoms. The van der Waals surface area contributed by atoms with Crippen LogP contribution < -0.4 is 10.6 Å². The van der Waals surface area contributed by atoms with Crippen molar-refractivity contribution in [3.63, 3.8) is 0 Å². The lowest BCUT2D eigenvalue weighted by Gasteiger charge is -2.28. The molecule has 0 radical (unpaired) electrons. The van der Waals surface area contributed by atoms with E-state index < -0.39 is 0 Å². The molecule has 0 aliphatic rings. The summed E-state index contributed by atoms with van der Waals surface area (Å²) >= 11 is 0. The van der Waals surface area contributed by atoms with Crippen molar-refractivity contribution in [2.45, 2.75) is 73.8 Å². The Morgan fingerprint density at radius 2 is 1.35 bits per heavy atom. The minimum absolute atomic E-state index is 0.829. The van der Waals surface area contributed by atoms with Crippen LogP contribution in [-0.4, -0.2) is 42.9 Å². The van der Waals surface area contributed by atoms with Gasteiger partial charge < -0.3 is 15.4 Å². The fraction of sp³-hybridized carbons (Fsp3) is 0.366. The Balaban J connectivity index is -0.000000899. The second kappa shape index (κ2) is 33.7. The zero-order valence-electron chi connectivity index (χ0n) is 30.0. The van der Waals surface area contributed by atoms with Crippen LogP contribution in [0.1, 0.15) is 70.1 Å². The van der Waals surface area contributed by atoms with Gasteiger partial charge in [0.1, 0.15) is 6.79 Å². The number of carbonyl (C=O) groups is 1. The molecule has 0 spiro atoms. The molecule has 5 heteroatoms. The van der Waals surface area contributed by atoms with Crippen molar-refractivity contribution in [1.82, 2.24) is 9.88 Å². The number of aromatic nitrogens is 1. The van der Waals surface area contributed by atoms with E-state index in [0.29, 0.717) is 0 Å². The number of rotatable bonds is 13. The normalized spacial score (nSPS) is 9.59. The highest BCUT2D eigenvalue weighted by Gasteiger charge is 2.11. The zero-order chi connectivity index (χ0) is 35.6. The Morgan fingerprint density at radius 3 is 1.78 bits per heavy atom. The third kappa shape index (κ3) is 24.1. The van der Waals surface area contributed by atoms with Gasteiger partial charge in [-0.3, -0.25) is 9.88 Å². The molecule has 0 unspecified atom stereocenters. The third-order valence-corrected chi connectivity index (χ3v) is 6.59. The van der Waals surface area contributed by atoms with E-state index in [2.05, 4.69) is 112 Å². The number of nitrogens with two attached hydrogens (primary N) is 1. The minimum Gasteiger partial charge on any atom is -0.399 e. The number of hydrogen-bond donors (Lipinski definition) is 1. The monoisotopic (exact) mass is 629 g/mol. The van der Waals surface area contributed by atoms with Gasteiger partial charge in [-0.25, -0.2) is 0 Å². The van der Waals surface area contributed by atoms with Gasteiger partial charge in [0.25, 0.3) is 0 Å². The highest BCUT2D eigenvalue weighted by atomic mass is 16.1. The van der Waals surface area contributed by atoms with Crippen molar-refractivity contribution in [2.75, 3.05) is 36.8 Å². The molecule has 0 saturated carbocycles. The SMILES string of the molecule is C/C=C(/CC)CN(CCCN(CCCC)Cc1cccnc1)c1ccc(C)cc1.C=C.C=C.C=CC.C=O.Cc1ccc(N)cc1. The lowest BCUT2D eigenvalue weighted by Crippen LogP contribution is -2.31. The van der Waals surface area contributed by atoms with Gasteiger partial charge in [-0.05, 0) is 89.4 Å². The van der Waals surface area contributed by atoms with Crippen LogP contribution >= 0.6 is 0 Å². The van der Waals surface area contributed by atoms with Crippen LogP contribution in [0.2, 0.25) is 0 Å². The molecule has 5 nitrogen and oxygen atoms in total. The molecule has 3 rings (SSSR count). The van der Waals surface area contributed by atoms with Crippen LogP contribution in [0.15, 0.2) is 124 Å². The van der Waals surface area contributed by atoms with Crippen LogP contribution in [0.25, 0.3) is 0 Å². The van der Waals surface area contributed by atoms with Crippen LogP contribution in [0.3, 0.4) is 0 Å². The van der Waals surface area contributed by atoms with Gasteiger partial charge in [-0.2, -0.15) is 0 Å². The van der Waals surface area contributed by atoms with Crippen molar-refractivity contribution in [3.8, 4) is 0 Å². The fourth-order valence-corrected chi connectivity index (χ4v) is 4.16. The summed E-state index contributed by atoms with van der Waals surface area (Å²) in [4.78, 5) is 17.4. The van der Waals surface area contributed by atoms with E-state index in [9.17, 15) is 0 Å². The van der Waals surface area contributed by atoms with E-state index in [0.717, 1.165) is 44.8 Å². The Hall–Kier alpha value is -4.22. The lowest BCUT2D eigenvalue weighted by molar-refractivity contribution is -0.0980. The number of pyridine rings is 1.